The summed E-state index contributed by atoms with van der Waals surface area (Å²) in [5.74, 6) is 0.319. The Morgan fingerprint density at radius 2 is 2.03 bits per heavy atom. The van der Waals surface area contributed by atoms with Gasteiger partial charge in [-0.3, -0.25) is 14.2 Å². The van der Waals surface area contributed by atoms with Crippen LogP contribution >= 0.6 is 0 Å². The third kappa shape index (κ3) is 6.02. The van der Waals surface area contributed by atoms with Crippen LogP contribution in [0, 0.1) is 5.82 Å². The molecule has 0 saturated carbocycles. The van der Waals surface area contributed by atoms with Crippen molar-refractivity contribution in [1.29, 1.82) is 0 Å². The minimum atomic E-state index is -0.465. The number of benzene rings is 1. The number of hydrogen-bond donors (Lipinski definition) is 0. The SMILES string of the molecule is CCCCc1nccc(N2CCC(Oc3ccc(C(C)C(=O)CCCF)cc3)C2)c1F. The van der Waals surface area contributed by atoms with Gasteiger partial charge in [0.05, 0.1) is 24.6 Å². The molecule has 2 aromatic rings. The Balaban J connectivity index is 1.57. The standard InChI is InChI=1S/C25H32F2N2O2/c1-3-4-6-22-25(27)23(12-15-28-22)29-16-13-21(17-29)31-20-10-8-19(9-11-20)18(2)24(30)7-5-14-26/h8-12,15,18,21H,3-7,13-14,16-17H2,1-2H3. The summed E-state index contributed by atoms with van der Waals surface area (Å²) in [6.07, 6.45) is 5.61. The summed E-state index contributed by atoms with van der Waals surface area (Å²) in [6, 6.07) is 9.26. The number of aromatic nitrogens is 1. The van der Waals surface area contributed by atoms with E-state index in [1.807, 2.05) is 36.1 Å². The number of aryl methyl sites for hydroxylation is 1. The summed E-state index contributed by atoms with van der Waals surface area (Å²) in [7, 11) is 0. The van der Waals surface area contributed by atoms with Gasteiger partial charge in [0.1, 0.15) is 17.6 Å². The first-order chi connectivity index (χ1) is 15.0. The quantitative estimate of drug-likeness (QED) is 0.462. The van der Waals surface area contributed by atoms with E-state index in [1.54, 1.807) is 12.3 Å². The summed E-state index contributed by atoms with van der Waals surface area (Å²) in [4.78, 5) is 18.3. The van der Waals surface area contributed by atoms with Crippen molar-refractivity contribution in [3.63, 3.8) is 0 Å². The fourth-order valence-corrected chi connectivity index (χ4v) is 3.95. The molecule has 2 heterocycles. The third-order valence-corrected chi connectivity index (χ3v) is 5.92. The van der Waals surface area contributed by atoms with E-state index in [0.29, 0.717) is 24.3 Å². The van der Waals surface area contributed by atoms with Gasteiger partial charge in [-0.15, -0.1) is 0 Å². The first-order valence-electron chi connectivity index (χ1n) is 11.3. The molecule has 0 spiro atoms. The van der Waals surface area contributed by atoms with Gasteiger partial charge in [-0.2, -0.15) is 0 Å². The number of pyridine rings is 1. The Hall–Kier alpha value is -2.50. The molecule has 1 fully saturated rings. The van der Waals surface area contributed by atoms with Crippen LogP contribution in [-0.2, 0) is 11.2 Å². The van der Waals surface area contributed by atoms with Crippen LogP contribution in [0.2, 0.25) is 0 Å². The summed E-state index contributed by atoms with van der Waals surface area (Å²) in [6.45, 7) is 4.82. The Morgan fingerprint density at radius 1 is 1.26 bits per heavy atom. The number of ketones is 1. The van der Waals surface area contributed by atoms with E-state index < -0.39 is 6.67 Å². The molecular formula is C25H32F2N2O2. The molecule has 0 radical (unpaired) electrons. The predicted octanol–water partition coefficient (Wildman–Crippen LogP) is 5.64. The molecule has 1 aliphatic rings. The lowest BCUT2D eigenvalue weighted by atomic mass is 9.94. The van der Waals surface area contributed by atoms with E-state index >= 15 is 0 Å². The topological polar surface area (TPSA) is 42.4 Å². The van der Waals surface area contributed by atoms with Crippen molar-refractivity contribution in [2.24, 2.45) is 0 Å². The molecule has 4 nitrogen and oxygen atoms in total. The first kappa shape index (κ1) is 23.2. The minimum Gasteiger partial charge on any atom is -0.489 e. The van der Waals surface area contributed by atoms with E-state index in [-0.39, 0.29) is 36.5 Å². The van der Waals surface area contributed by atoms with E-state index in [9.17, 15) is 13.6 Å². The van der Waals surface area contributed by atoms with Crippen molar-refractivity contribution in [3.05, 3.63) is 53.6 Å². The molecule has 2 atom stereocenters. The number of hydrogen-bond acceptors (Lipinski definition) is 4. The van der Waals surface area contributed by atoms with Crippen LogP contribution in [0.5, 0.6) is 5.75 Å². The molecule has 1 aromatic heterocycles. The number of halogens is 2. The van der Waals surface area contributed by atoms with Crippen LogP contribution in [-0.4, -0.2) is 36.6 Å². The average Bonchev–Trinajstić information content (AvgIpc) is 3.25. The highest BCUT2D eigenvalue weighted by Gasteiger charge is 2.27. The second kappa shape index (κ2) is 11.2. The maximum atomic E-state index is 14.9. The maximum absolute atomic E-state index is 14.9. The number of nitrogens with zero attached hydrogens (tertiary/aromatic N) is 2. The van der Waals surface area contributed by atoms with E-state index in [4.69, 9.17) is 4.74 Å². The molecular weight excluding hydrogens is 398 g/mol. The Kier molecular flexibility index (Phi) is 8.38. The highest BCUT2D eigenvalue weighted by Crippen LogP contribution is 2.28. The van der Waals surface area contributed by atoms with Gasteiger partial charge in [-0.05, 0) is 43.0 Å². The summed E-state index contributed by atoms with van der Waals surface area (Å²) < 4.78 is 33.3. The van der Waals surface area contributed by atoms with Gasteiger partial charge in [0.2, 0.25) is 0 Å². The smallest absolute Gasteiger partial charge is 0.167 e. The summed E-state index contributed by atoms with van der Waals surface area (Å²) in [5.41, 5.74) is 2.04. The largest absolute Gasteiger partial charge is 0.489 e. The van der Waals surface area contributed by atoms with Crippen LogP contribution < -0.4 is 9.64 Å². The van der Waals surface area contributed by atoms with E-state index in [2.05, 4.69) is 11.9 Å². The number of alkyl halides is 1. The van der Waals surface area contributed by atoms with E-state index in [0.717, 1.165) is 37.1 Å². The molecule has 6 heteroatoms. The van der Waals surface area contributed by atoms with Gasteiger partial charge in [-0.1, -0.05) is 32.4 Å². The normalized spacial score (nSPS) is 17.0. The van der Waals surface area contributed by atoms with Crippen LogP contribution in [0.15, 0.2) is 36.5 Å². The van der Waals surface area contributed by atoms with Gasteiger partial charge in [0, 0.05) is 31.5 Å². The zero-order chi connectivity index (χ0) is 22.2. The number of unbranched alkanes of at least 4 members (excludes halogenated alkanes) is 1. The zero-order valence-electron chi connectivity index (χ0n) is 18.4. The molecule has 1 aromatic carbocycles. The molecule has 3 rings (SSSR count). The fraction of sp³-hybridized carbons (Fsp3) is 0.520. The lowest BCUT2D eigenvalue weighted by Crippen LogP contribution is -2.25. The van der Waals surface area contributed by atoms with Crippen molar-refractivity contribution in [2.75, 3.05) is 24.7 Å². The molecule has 0 aliphatic carbocycles. The first-order valence-corrected chi connectivity index (χ1v) is 11.3. The average molecular weight is 431 g/mol. The second-order valence-corrected chi connectivity index (χ2v) is 8.22. The van der Waals surface area contributed by atoms with Crippen LogP contribution in [0.4, 0.5) is 14.5 Å². The highest BCUT2D eigenvalue weighted by atomic mass is 19.1. The lowest BCUT2D eigenvalue weighted by Gasteiger charge is -2.20. The number of Topliss-reactive ketones (excluding diaryl/α,β-unsaturated/α-hetero) is 1. The molecule has 0 N–H and O–H groups in total. The minimum absolute atomic E-state index is 0.0267. The zero-order valence-corrected chi connectivity index (χ0v) is 18.4. The van der Waals surface area contributed by atoms with Gasteiger partial charge >= 0.3 is 0 Å². The predicted molar refractivity (Wildman–Crippen MR) is 119 cm³/mol. The molecule has 168 valence electrons. The fourth-order valence-electron chi connectivity index (χ4n) is 3.95. The van der Waals surface area contributed by atoms with Crippen molar-refractivity contribution in [1.82, 2.24) is 4.98 Å². The van der Waals surface area contributed by atoms with Crippen molar-refractivity contribution < 1.29 is 18.3 Å². The molecule has 0 bridgehead atoms. The molecule has 1 aliphatic heterocycles. The van der Waals surface area contributed by atoms with Crippen molar-refractivity contribution in [2.45, 2.75) is 64.4 Å². The van der Waals surface area contributed by atoms with Crippen molar-refractivity contribution >= 4 is 11.5 Å². The number of ether oxygens (including phenoxy) is 1. The maximum Gasteiger partial charge on any atom is 0.167 e. The van der Waals surface area contributed by atoms with Crippen LogP contribution in [0.1, 0.15) is 63.1 Å². The summed E-state index contributed by atoms with van der Waals surface area (Å²) >= 11 is 0. The monoisotopic (exact) mass is 430 g/mol. The van der Waals surface area contributed by atoms with Crippen molar-refractivity contribution in [3.8, 4) is 5.75 Å². The van der Waals surface area contributed by atoms with Crippen LogP contribution in [0.25, 0.3) is 0 Å². The van der Waals surface area contributed by atoms with Crippen LogP contribution in [0.3, 0.4) is 0 Å². The van der Waals surface area contributed by atoms with Gasteiger partial charge < -0.3 is 9.64 Å². The Morgan fingerprint density at radius 3 is 2.74 bits per heavy atom. The molecule has 0 amide bonds. The second-order valence-electron chi connectivity index (χ2n) is 8.22. The Bertz CT molecular complexity index is 857. The third-order valence-electron chi connectivity index (χ3n) is 5.92. The number of carbonyl (C=O) groups is 1. The molecule has 2 unspecified atom stereocenters. The number of anilines is 1. The molecule has 1 saturated heterocycles. The lowest BCUT2D eigenvalue weighted by molar-refractivity contribution is -0.120. The van der Waals surface area contributed by atoms with Gasteiger partial charge in [0.15, 0.2) is 5.82 Å². The molecule has 31 heavy (non-hydrogen) atoms. The van der Waals surface area contributed by atoms with Gasteiger partial charge in [-0.25, -0.2) is 4.39 Å². The van der Waals surface area contributed by atoms with E-state index in [1.165, 1.54) is 0 Å². The summed E-state index contributed by atoms with van der Waals surface area (Å²) in [5, 5.41) is 0. The van der Waals surface area contributed by atoms with Gasteiger partial charge in [0.25, 0.3) is 0 Å². The number of carbonyl (C=O) groups excluding carboxylic acids is 1. The number of rotatable bonds is 11. The Labute approximate surface area is 183 Å². The highest BCUT2D eigenvalue weighted by molar-refractivity contribution is 5.85.